The quantitative estimate of drug-likeness (QED) is 0.203. The lowest BCUT2D eigenvalue weighted by atomic mass is 9.73. The van der Waals surface area contributed by atoms with Gasteiger partial charge in [-0.2, -0.15) is 0 Å². The van der Waals surface area contributed by atoms with Crippen LogP contribution in [0.1, 0.15) is 150 Å². The minimum atomic E-state index is 0.0445. The first-order valence-corrected chi connectivity index (χ1v) is 17.9. The Morgan fingerprint density at radius 3 is 1.53 bits per heavy atom. The average molecular weight is 607 g/mol. The second-order valence-electron chi connectivity index (χ2n) is 17.6. The number of hydrogen-bond donors (Lipinski definition) is 0. The predicted molar refractivity (Wildman–Crippen MR) is 199 cm³/mol. The van der Waals surface area contributed by atoms with Crippen molar-refractivity contribution in [3.63, 3.8) is 0 Å². The maximum atomic E-state index is 2.93. The fraction of sp³-hybridized carbons (Fsp3) is 0.581. The van der Waals surface area contributed by atoms with Crippen molar-refractivity contribution in [1.82, 2.24) is 4.57 Å². The standard InChI is InChI=1S/C43H62N2/c1-15-43(16-2)27-42(13,14)45(39-32(28(3)4)18-17-19-33(39)29(5)6)38(43)26-44-36-22-20-30(40(7,8)9)24-34(36)35-25-31(41(10,11)12)21-23-37(35)44/h17-25,28-29,38H,15-16,26-27H2,1-14H3. The highest BCUT2D eigenvalue weighted by atomic mass is 15.3. The van der Waals surface area contributed by atoms with Crippen molar-refractivity contribution in [3.8, 4) is 0 Å². The fourth-order valence-electron chi connectivity index (χ4n) is 8.66. The zero-order valence-electron chi connectivity index (χ0n) is 31.2. The first kappa shape index (κ1) is 33.6. The van der Waals surface area contributed by atoms with Gasteiger partial charge in [0.25, 0.3) is 0 Å². The van der Waals surface area contributed by atoms with Gasteiger partial charge in [-0.3, -0.25) is 0 Å². The molecule has 5 rings (SSSR count). The zero-order chi connectivity index (χ0) is 33.3. The molecule has 1 aliphatic heterocycles. The molecule has 0 saturated carbocycles. The van der Waals surface area contributed by atoms with Crippen molar-refractivity contribution >= 4 is 27.5 Å². The van der Waals surface area contributed by atoms with E-state index in [1.807, 2.05) is 0 Å². The second-order valence-corrected chi connectivity index (χ2v) is 17.6. The molecule has 1 aromatic heterocycles. The Kier molecular flexibility index (Phi) is 8.59. The summed E-state index contributed by atoms with van der Waals surface area (Å²) in [7, 11) is 0. The van der Waals surface area contributed by atoms with E-state index in [-0.39, 0.29) is 21.8 Å². The van der Waals surface area contributed by atoms with Crippen LogP contribution in [0.5, 0.6) is 0 Å². The maximum Gasteiger partial charge on any atom is 0.0532 e. The minimum Gasteiger partial charge on any atom is -0.361 e. The van der Waals surface area contributed by atoms with E-state index < -0.39 is 0 Å². The van der Waals surface area contributed by atoms with E-state index in [1.54, 1.807) is 0 Å². The van der Waals surface area contributed by atoms with Gasteiger partial charge >= 0.3 is 0 Å². The van der Waals surface area contributed by atoms with Crippen LogP contribution in [0.15, 0.2) is 54.6 Å². The third kappa shape index (κ3) is 5.74. The van der Waals surface area contributed by atoms with Gasteiger partial charge in [0.05, 0.1) is 6.04 Å². The summed E-state index contributed by atoms with van der Waals surface area (Å²) in [4.78, 5) is 2.93. The summed E-state index contributed by atoms with van der Waals surface area (Å²) in [6.45, 7) is 34.4. The molecule has 2 nitrogen and oxygen atoms in total. The number of hydrogen-bond acceptors (Lipinski definition) is 1. The summed E-state index contributed by atoms with van der Waals surface area (Å²) < 4.78 is 2.70. The smallest absolute Gasteiger partial charge is 0.0532 e. The number of aromatic nitrogens is 1. The summed E-state index contributed by atoms with van der Waals surface area (Å²) >= 11 is 0. The normalized spacial score (nSPS) is 18.7. The molecule has 45 heavy (non-hydrogen) atoms. The molecule has 0 aliphatic carbocycles. The molecule has 0 radical (unpaired) electrons. The van der Waals surface area contributed by atoms with Crippen LogP contribution in [0.2, 0.25) is 0 Å². The predicted octanol–water partition coefficient (Wildman–Crippen LogP) is 12.5. The van der Waals surface area contributed by atoms with Crippen LogP contribution < -0.4 is 4.90 Å². The van der Waals surface area contributed by atoms with Crippen LogP contribution in [0.4, 0.5) is 5.69 Å². The lowest BCUT2D eigenvalue weighted by molar-refractivity contribution is 0.213. The van der Waals surface area contributed by atoms with Gasteiger partial charge in [0.1, 0.15) is 0 Å². The van der Waals surface area contributed by atoms with E-state index >= 15 is 0 Å². The number of nitrogens with zero attached hydrogens (tertiary/aromatic N) is 2. The number of fused-ring (bicyclic) bond motifs is 3. The van der Waals surface area contributed by atoms with E-state index in [1.165, 1.54) is 69.0 Å². The second kappa shape index (κ2) is 11.5. The largest absolute Gasteiger partial charge is 0.361 e. The monoisotopic (exact) mass is 606 g/mol. The third-order valence-electron chi connectivity index (χ3n) is 11.4. The molecule has 2 heterocycles. The molecule has 2 heteroatoms. The van der Waals surface area contributed by atoms with Crippen LogP contribution >= 0.6 is 0 Å². The molecule has 1 saturated heterocycles. The first-order chi connectivity index (χ1) is 20.9. The minimum absolute atomic E-state index is 0.0445. The molecule has 1 unspecified atom stereocenters. The molecule has 244 valence electrons. The Balaban J connectivity index is 1.82. The average Bonchev–Trinajstić information content (AvgIpc) is 3.38. The van der Waals surface area contributed by atoms with Crippen molar-refractivity contribution in [3.05, 3.63) is 76.9 Å². The van der Waals surface area contributed by atoms with Gasteiger partial charge in [0.2, 0.25) is 0 Å². The van der Waals surface area contributed by atoms with Gasteiger partial charge < -0.3 is 9.47 Å². The molecule has 3 aromatic carbocycles. The van der Waals surface area contributed by atoms with Gasteiger partial charge in [-0.25, -0.2) is 0 Å². The molecule has 0 spiro atoms. The van der Waals surface area contributed by atoms with Crippen molar-refractivity contribution in [2.75, 3.05) is 4.90 Å². The van der Waals surface area contributed by atoms with Crippen LogP contribution in [0.25, 0.3) is 21.8 Å². The van der Waals surface area contributed by atoms with Crippen molar-refractivity contribution < 1.29 is 0 Å². The van der Waals surface area contributed by atoms with Crippen molar-refractivity contribution in [2.45, 2.75) is 157 Å². The van der Waals surface area contributed by atoms with E-state index in [4.69, 9.17) is 0 Å². The Morgan fingerprint density at radius 2 is 1.16 bits per heavy atom. The SMILES string of the molecule is CCC1(CC)CC(C)(C)N(c2c(C(C)C)cccc2C(C)C)C1Cn1c2ccc(C(C)(C)C)cc2c2cc(C(C)(C)C)ccc21. The van der Waals surface area contributed by atoms with Gasteiger partial charge in [0, 0.05) is 39.6 Å². The Morgan fingerprint density at radius 1 is 0.711 bits per heavy atom. The van der Waals surface area contributed by atoms with Crippen molar-refractivity contribution in [1.29, 1.82) is 0 Å². The van der Waals surface area contributed by atoms with Gasteiger partial charge in [-0.05, 0) is 108 Å². The van der Waals surface area contributed by atoms with Crippen molar-refractivity contribution in [2.24, 2.45) is 5.41 Å². The third-order valence-corrected chi connectivity index (χ3v) is 11.4. The molecule has 0 bridgehead atoms. The highest BCUT2D eigenvalue weighted by molar-refractivity contribution is 6.08. The van der Waals surface area contributed by atoms with Crippen LogP contribution in [0, 0.1) is 5.41 Å². The molecule has 1 atom stereocenters. The van der Waals surface area contributed by atoms with Crippen LogP contribution in [0.3, 0.4) is 0 Å². The van der Waals surface area contributed by atoms with E-state index in [9.17, 15) is 0 Å². The van der Waals surface area contributed by atoms with Gasteiger partial charge in [-0.15, -0.1) is 0 Å². The van der Waals surface area contributed by atoms with Gasteiger partial charge in [0.15, 0.2) is 0 Å². The number of para-hydroxylation sites is 1. The highest BCUT2D eigenvalue weighted by Crippen LogP contribution is 2.55. The van der Waals surface area contributed by atoms with Gasteiger partial charge in [-0.1, -0.05) is 113 Å². The van der Waals surface area contributed by atoms with Crippen LogP contribution in [-0.4, -0.2) is 16.1 Å². The molecule has 1 aliphatic rings. The van der Waals surface area contributed by atoms with Crippen LogP contribution in [-0.2, 0) is 17.4 Å². The fourth-order valence-corrected chi connectivity index (χ4v) is 8.66. The highest BCUT2D eigenvalue weighted by Gasteiger charge is 2.55. The number of rotatable bonds is 7. The molecule has 4 aromatic rings. The molecular weight excluding hydrogens is 544 g/mol. The molecule has 0 amide bonds. The Labute approximate surface area is 275 Å². The lowest BCUT2D eigenvalue weighted by Gasteiger charge is -2.44. The first-order valence-electron chi connectivity index (χ1n) is 17.9. The summed E-state index contributed by atoms with van der Waals surface area (Å²) in [5, 5.41) is 2.80. The zero-order valence-corrected chi connectivity index (χ0v) is 31.2. The van der Waals surface area contributed by atoms with E-state index in [0.717, 1.165) is 6.54 Å². The molecular formula is C43H62N2. The molecule has 0 N–H and O–H groups in total. The summed E-state index contributed by atoms with van der Waals surface area (Å²) in [5.41, 5.74) is 10.5. The summed E-state index contributed by atoms with van der Waals surface area (Å²) in [6.07, 6.45) is 3.59. The number of anilines is 1. The lowest BCUT2D eigenvalue weighted by Crippen LogP contribution is -2.48. The summed E-state index contributed by atoms with van der Waals surface area (Å²) in [6, 6.07) is 22.1. The summed E-state index contributed by atoms with van der Waals surface area (Å²) in [5.74, 6) is 0.932. The Bertz CT molecular complexity index is 1580. The molecule has 1 fully saturated rings. The topological polar surface area (TPSA) is 8.17 Å². The maximum absolute atomic E-state index is 2.93. The Hall–Kier alpha value is -2.74. The number of benzene rings is 3. The van der Waals surface area contributed by atoms with E-state index in [2.05, 4.69) is 161 Å². The van der Waals surface area contributed by atoms with E-state index in [0.29, 0.717) is 17.9 Å².